The number of rotatable bonds is 4. The monoisotopic (exact) mass is 359 g/mol. The Bertz CT molecular complexity index is 685. The highest BCUT2D eigenvalue weighted by atomic mass is 35.5. The van der Waals surface area contributed by atoms with E-state index in [4.69, 9.17) is 0 Å². The van der Waals surface area contributed by atoms with Gasteiger partial charge < -0.3 is 10.2 Å². The molecule has 0 amide bonds. The first-order valence-electron chi connectivity index (χ1n) is 8.87. The van der Waals surface area contributed by atoms with E-state index >= 15 is 0 Å². The molecule has 0 spiro atoms. The molecule has 1 aromatic carbocycles. The molecule has 0 saturated carbocycles. The number of para-hydroxylation sites is 1. The Hall–Kier alpha value is -1.85. The van der Waals surface area contributed by atoms with Crippen molar-refractivity contribution in [3.8, 4) is 0 Å². The number of piperidine rings is 1. The molecule has 1 saturated heterocycles. The van der Waals surface area contributed by atoms with Gasteiger partial charge in [0, 0.05) is 50.3 Å². The number of hydrogen-bond acceptors (Lipinski definition) is 5. The molecule has 2 aliphatic rings. The van der Waals surface area contributed by atoms with Crippen LogP contribution in [0.4, 0.5) is 11.5 Å². The summed E-state index contributed by atoms with van der Waals surface area (Å²) in [5, 5.41) is 3.56. The zero-order chi connectivity index (χ0) is 16.4. The van der Waals surface area contributed by atoms with E-state index in [1.807, 2.05) is 6.20 Å². The van der Waals surface area contributed by atoms with E-state index in [1.54, 1.807) is 12.4 Å². The first-order valence-corrected chi connectivity index (χ1v) is 8.87. The third kappa shape index (κ3) is 3.88. The van der Waals surface area contributed by atoms with Gasteiger partial charge in [-0.15, -0.1) is 12.4 Å². The number of nitrogens with zero attached hydrogens (tertiary/aromatic N) is 4. The van der Waals surface area contributed by atoms with Crippen LogP contribution in [0.3, 0.4) is 0 Å². The molecule has 6 heteroatoms. The van der Waals surface area contributed by atoms with Crippen LogP contribution in [-0.2, 0) is 13.0 Å². The molecule has 0 aliphatic carbocycles. The Balaban J connectivity index is 0.00000182. The quantitative estimate of drug-likeness (QED) is 0.909. The minimum absolute atomic E-state index is 0. The summed E-state index contributed by atoms with van der Waals surface area (Å²) in [6.07, 6.45) is 8.88. The molecule has 134 valence electrons. The highest BCUT2D eigenvalue weighted by molar-refractivity contribution is 5.85. The van der Waals surface area contributed by atoms with Gasteiger partial charge in [0.1, 0.15) is 5.82 Å². The van der Waals surface area contributed by atoms with Crippen molar-refractivity contribution in [1.29, 1.82) is 0 Å². The fourth-order valence-electron chi connectivity index (χ4n) is 3.93. The van der Waals surface area contributed by atoms with Crippen LogP contribution >= 0.6 is 12.4 Å². The van der Waals surface area contributed by atoms with Gasteiger partial charge in [0.05, 0.1) is 6.20 Å². The summed E-state index contributed by atoms with van der Waals surface area (Å²) >= 11 is 0. The van der Waals surface area contributed by atoms with Crippen molar-refractivity contribution in [2.75, 3.05) is 36.9 Å². The van der Waals surface area contributed by atoms with Crippen molar-refractivity contribution in [2.45, 2.75) is 31.8 Å². The molecule has 4 rings (SSSR count). The predicted molar refractivity (Wildman–Crippen MR) is 105 cm³/mol. The van der Waals surface area contributed by atoms with Gasteiger partial charge in [0.15, 0.2) is 0 Å². The van der Waals surface area contributed by atoms with Gasteiger partial charge >= 0.3 is 0 Å². The lowest BCUT2D eigenvalue weighted by atomic mass is 10.0. The minimum atomic E-state index is 0. The van der Waals surface area contributed by atoms with Crippen molar-refractivity contribution in [3.05, 3.63) is 47.9 Å². The second kappa shape index (κ2) is 8.02. The summed E-state index contributed by atoms with van der Waals surface area (Å²) in [4.78, 5) is 13.5. The molecule has 5 nitrogen and oxygen atoms in total. The van der Waals surface area contributed by atoms with Gasteiger partial charge in [-0.2, -0.15) is 0 Å². The van der Waals surface area contributed by atoms with Crippen LogP contribution < -0.4 is 10.2 Å². The molecule has 0 radical (unpaired) electrons. The molecule has 3 heterocycles. The van der Waals surface area contributed by atoms with Gasteiger partial charge in [-0.25, -0.2) is 4.98 Å². The molecule has 2 aromatic rings. The normalized spacial score (nSPS) is 17.1. The average Bonchev–Trinajstić information content (AvgIpc) is 3.12. The van der Waals surface area contributed by atoms with Crippen molar-refractivity contribution < 1.29 is 0 Å². The standard InChI is InChI=1S/C19H25N5.ClH/c1-23(14-16-4-2-3-15-5-8-22-19(15)16)17-6-11-24(12-7-17)18-13-20-9-10-21-18;/h2-4,9-10,13,17,22H,5-8,11-12,14H2,1H3;1H. The molecular formula is C19H26ClN5. The predicted octanol–water partition coefficient (Wildman–Crippen LogP) is 2.97. The van der Waals surface area contributed by atoms with Crippen molar-refractivity contribution in [3.63, 3.8) is 0 Å². The number of hydrogen-bond donors (Lipinski definition) is 1. The van der Waals surface area contributed by atoms with Crippen molar-refractivity contribution in [2.24, 2.45) is 0 Å². The van der Waals surface area contributed by atoms with E-state index in [1.165, 1.54) is 29.7 Å². The number of benzene rings is 1. The Kier molecular flexibility index (Phi) is 5.76. The van der Waals surface area contributed by atoms with Gasteiger partial charge in [0.25, 0.3) is 0 Å². The third-order valence-electron chi connectivity index (χ3n) is 5.31. The maximum Gasteiger partial charge on any atom is 0.147 e. The zero-order valence-corrected chi connectivity index (χ0v) is 15.5. The number of aromatic nitrogens is 2. The van der Waals surface area contributed by atoms with Gasteiger partial charge in [-0.3, -0.25) is 9.88 Å². The van der Waals surface area contributed by atoms with Crippen molar-refractivity contribution >= 4 is 23.9 Å². The summed E-state index contributed by atoms with van der Waals surface area (Å²) < 4.78 is 0. The second-order valence-corrected chi connectivity index (χ2v) is 6.82. The van der Waals surface area contributed by atoms with Crippen LogP contribution in [0.15, 0.2) is 36.8 Å². The topological polar surface area (TPSA) is 44.3 Å². The Morgan fingerprint density at radius 1 is 1.24 bits per heavy atom. The van der Waals surface area contributed by atoms with Crippen LogP contribution in [0.2, 0.25) is 0 Å². The van der Waals surface area contributed by atoms with Gasteiger partial charge in [-0.05, 0) is 37.4 Å². The molecule has 0 bridgehead atoms. The van der Waals surface area contributed by atoms with Crippen LogP contribution in [-0.4, -0.2) is 47.6 Å². The smallest absolute Gasteiger partial charge is 0.147 e. The maximum atomic E-state index is 4.42. The van der Waals surface area contributed by atoms with Crippen LogP contribution in [0, 0.1) is 0 Å². The van der Waals surface area contributed by atoms with Gasteiger partial charge in [0.2, 0.25) is 0 Å². The highest BCUT2D eigenvalue weighted by Crippen LogP contribution is 2.28. The highest BCUT2D eigenvalue weighted by Gasteiger charge is 2.24. The van der Waals surface area contributed by atoms with Crippen LogP contribution in [0.1, 0.15) is 24.0 Å². The van der Waals surface area contributed by atoms with E-state index in [2.05, 4.69) is 50.3 Å². The first-order chi connectivity index (χ1) is 11.8. The summed E-state index contributed by atoms with van der Waals surface area (Å²) in [7, 11) is 2.26. The average molecular weight is 360 g/mol. The summed E-state index contributed by atoms with van der Waals surface area (Å²) in [6.45, 7) is 4.20. The number of nitrogens with one attached hydrogen (secondary N) is 1. The number of halogens is 1. The molecule has 1 fully saturated rings. The lowest BCUT2D eigenvalue weighted by molar-refractivity contribution is 0.200. The third-order valence-corrected chi connectivity index (χ3v) is 5.31. The van der Waals surface area contributed by atoms with Crippen molar-refractivity contribution in [1.82, 2.24) is 14.9 Å². The Morgan fingerprint density at radius 2 is 2.08 bits per heavy atom. The molecular weight excluding hydrogens is 334 g/mol. The molecule has 0 unspecified atom stereocenters. The summed E-state index contributed by atoms with van der Waals surface area (Å²) in [5.41, 5.74) is 4.28. The SMILES string of the molecule is CN(Cc1cccc2c1NCC2)C1CCN(c2cnccn2)CC1.Cl. The fraction of sp³-hybridized carbons (Fsp3) is 0.474. The van der Waals surface area contributed by atoms with E-state index in [0.717, 1.165) is 38.4 Å². The fourth-order valence-corrected chi connectivity index (χ4v) is 3.93. The van der Waals surface area contributed by atoms with E-state index < -0.39 is 0 Å². The maximum absolute atomic E-state index is 4.42. The molecule has 0 atom stereocenters. The van der Waals surface area contributed by atoms with Gasteiger partial charge in [-0.1, -0.05) is 18.2 Å². The minimum Gasteiger partial charge on any atom is -0.384 e. The van der Waals surface area contributed by atoms with Crippen LogP contribution in [0.5, 0.6) is 0 Å². The molecule has 25 heavy (non-hydrogen) atoms. The lowest BCUT2D eigenvalue weighted by Crippen LogP contribution is -2.43. The first kappa shape index (κ1) is 18.0. The van der Waals surface area contributed by atoms with E-state index in [0.29, 0.717) is 6.04 Å². The molecule has 1 N–H and O–H groups in total. The molecule has 1 aromatic heterocycles. The number of fused-ring (bicyclic) bond motifs is 1. The number of anilines is 2. The Labute approximate surface area is 155 Å². The Morgan fingerprint density at radius 3 is 2.84 bits per heavy atom. The zero-order valence-electron chi connectivity index (χ0n) is 14.7. The largest absolute Gasteiger partial charge is 0.384 e. The van der Waals surface area contributed by atoms with E-state index in [9.17, 15) is 0 Å². The molecule has 2 aliphatic heterocycles. The van der Waals surface area contributed by atoms with E-state index in [-0.39, 0.29) is 12.4 Å². The summed E-state index contributed by atoms with van der Waals surface area (Å²) in [5.74, 6) is 1.00. The summed E-state index contributed by atoms with van der Waals surface area (Å²) in [6, 6.07) is 7.35. The second-order valence-electron chi connectivity index (χ2n) is 6.82. The lowest BCUT2D eigenvalue weighted by Gasteiger charge is -2.37. The van der Waals surface area contributed by atoms with Crippen LogP contribution in [0.25, 0.3) is 0 Å².